The van der Waals surface area contributed by atoms with E-state index >= 15 is 0 Å². The molecule has 2 heterocycles. The first kappa shape index (κ1) is 20.7. The van der Waals surface area contributed by atoms with Gasteiger partial charge in [0, 0.05) is 27.7 Å². The summed E-state index contributed by atoms with van der Waals surface area (Å²) in [5.74, 6) is 2.67. The second-order valence-electron chi connectivity index (χ2n) is 8.84. The third-order valence-electron chi connectivity index (χ3n) is 5.67. The van der Waals surface area contributed by atoms with Crippen LogP contribution in [0.15, 0.2) is 0 Å². The van der Waals surface area contributed by atoms with Crippen molar-refractivity contribution in [1.82, 2.24) is 9.13 Å². The van der Waals surface area contributed by atoms with Crippen molar-refractivity contribution >= 4 is 0 Å². The first-order valence-corrected chi connectivity index (χ1v) is 10.2. The van der Waals surface area contributed by atoms with Crippen molar-refractivity contribution in [2.75, 3.05) is 0 Å². The van der Waals surface area contributed by atoms with Crippen LogP contribution in [-0.4, -0.2) is 9.13 Å². The molecule has 0 saturated carbocycles. The molecule has 0 saturated heterocycles. The Morgan fingerprint density at radius 3 is 1.00 bits per heavy atom. The van der Waals surface area contributed by atoms with Crippen LogP contribution in [-0.2, 0) is 0 Å². The molecule has 0 aliphatic rings. The van der Waals surface area contributed by atoms with E-state index < -0.39 is 0 Å². The predicted molar refractivity (Wildman–Crippen MR) is 109 cm³/mol. The summed E-state index contributed by atoms with van der Waals surface area (Å²) in [5.41, 5.74) is 5.47. The Balaban J connectivity index is 3.11. The Morgan fingerprint density at radius 1 is 0.538 bits per heavy atom. The molecule has 0 aliphatic heterocycles. The third-order valence-corrected chi connectivity index (χ3v) is 5.67. The normalized spacial score (nSPS) is 12.5. The largest absolute Gasteiger partial charge is 0.374 e. The van der Waals surface area contributed by atoms with Gasteiger partial charge in [-0.3, -0.25) is 0 Å². The summed E-state index contributed by atoms with van der Waals surface area (Å²) in [6, 6.07) is 1.67. The molecule has 0 radical (unpaired) electrons. The zero-order valence-corrected chi connectivity index (χ0v) is 19.1. The van der Waals surface area contributed by atoms with Gasteiger partial charge in [0.2, 0.25) is 0 Å². The number of nitrogens with zero attached hydrogens (tertiary/aromatic N) is 4. The first-order valence-electron chi connectivity index (χ1n) is 10.2. The average Bonchev–Trinajstić information content (AvgIpc) is 2.91. The third kappa shape index (κ3) is 3.01. The molecule has 4 heteroatoms. The molecule has 0 bridgehead atoms. The molecular weight excluding hydrogens is 320 g/mol. The Kier molecular flexibility index (Phi) is 5.74. The Bertz CT molecular complexity index is 670. The number of imidazole rings is 2. The van der Waals surface area contributed by atoms with E-state index in [2.05, 4.69) is 101 Å². The molecule has 0 atom stereocenters. The minimum Gasteiger partial charge on any atom is -0.218 e. The van der Waals surface area contributed by atoms with Gasteiger partial charge in [-0.15, -0.1) is 0 Å². The van der Waals surface area contributed by atoms with Crippen molar-refractivity contribution < 1.29 is 9.13 Å². The van der Waals surface area contributed by atoms with Crippen LogP contribution in [0.2, 0.25) is 0 Å². The molecule has 0 spiro atoms. The van der Waals surface area contributed by atoms with Gasteiger partial charge in [0.15, 0.2) is 0 Å². The average molecular weight is 361 g/mol. The highest BCUT2D eigenvalue weighted by Crippen LogP contribution is 2.29. The van der Waals surface area contributed by atoms with Gasteiger partial charge in [0.25, 0.3) is 0 Å². The van der Waals surface area contributed by atoms with E-state index in [-0.39, 0.29) is 0 Å². The fourth-order valence-electron chi connectivity index (χ4n) is 4.52. The van der Waals surface area contributed by atoms with Crippen molar-refractivity contribution in [3.63, 3.8) is 0 Å². The van der Waals surface area contributed by atoms with E-state index in [9.17, 15) is 0 Å². The van der Waals surface area contributed by atoms with Crippen LogP contribution in [0, 0.1) is 27.7 Å². The minimum absolute atomic E-state index is 0.417. The fraction of sp³-hybridized carbons (Fsp3) is 0.727. The summed E-state index contributed by atoms with van der Waals surface area (Å²) in [6.45, 7) is 27.4. The molecule has 0 aromatic carbocycles. The van der Waals surface area contributed by atoms with E-state index in [0.29, 0.717) is 24.2 Å². The Labute approximate surface area is 160 Å². The summed E-state index contributed by atoms with van der Waals surface area (Å²) in [5, 5.41) is 0. The van der Waals surface area contributed by atoms with Gasteiger partial charge < -0.3 is 0 Å². The van der Waals surface area contributed by atoms with Crippen molar-refractivity contribution in [1.29, 1.82) is 0 Å². The van der Waals surface area contributed by atoms with Crippen LogP contribution in [0.3, 0.4) is 0 Å². The molecular formula is C22H40N4+2. The maximum Gasteiger partial charge on any atom is 0.374 e. The summed E-state index contributed by atoms with van der Waals surface area (Å²) in [7, 11) is 0. The zero-order chi connectivity index (χ0) is 20.1. The summed E-state index contributed by atoms with van der Waals surface area (Å²) in [4.78, 5) is 0. The van der Waals surface area contributed by atoms with Crippen molar-refractivity contribution in [2.24, 2.45) is 0 Å². The molecule has 0 amide bonds. The monoisotopic (exact) mass is 360 g/mol. The van der Waals surface area contributed by atoms with Crippen LogP contribution in [0.1, 0.15) is 102 Å². The Hall–Kier alpha value is -1.58. The van der Waals surface area contributed by atoms with Crippen LogP contribution >= 0.6 is 0 Å². The van der Waals surface area contributed by atoms with Crippen molar-refractivity contribution in [3.8, 4) is 11.6 Å². The molecule has 26 heavy (non-hydrogen) atoms. The van der Waals surface area contributed by atoms with E-state index in [1.165, 1.54) is 34.4 Å². The zero-order valence-electron chi connectivity index (χ0n) is 19.1. The van der Waals surface area contributed by atoms with E-state index in [0.717, 1.165) is 0 Å². The van der Waals surface area contributed by atoms with Crippen LogP contribution < -0.4 is 9.13 Å². The quantitative estimate of drug-likeness (QED) is 0.661. The molecule has 0 unspecified atom stereocenters. The fourth-order valence-corrected chi connectivity index (χ4v) is 4.52. The van der Waals surface area contributed by atoms with Gasteiger partial charge in [0.05, 0.1) is 24.2 Å². The lowest BCUT2D eigenvalue weighted by molar-refractivity contribution is -0.739. The summed E-state index contributed by atoms with van der Waals surface area (Å²) < 4.78 is 10.1. The molecule has 0 aliphatic carbocycles. The molecule has 2 aromatic rings. The highest BCUT2D eigenvalue weighted by atomic mass is 15.3. The second kappa shape index (κ2) is 7.21. The highest BCUT2D eigenvalue weighted by Gasteiger charge is 2.42. The van der Waals surface area contributed by atoms with Crippen LogP contribution in [0.25, 0.3) is 11.6 Å². The van der Waals surface area contributed by atoms with Crippen LogP contribution in [0.4, 0.5) is 0 Å². The second-order valence-corrected chi connectivity index (χ2v) is 8.84. The maximum atomic E-state index is 2.53. The molecule has 0 N–H and O–H groups in total. The number of aromatic nitrogens is 4. The standard InChI is InChI=1S/C22H40N4/c1-13(2)23-17(9)18(10)24(14(3)4)21(23)22-25(15(5)6)19(11)20(12)26(22)16(7)8/h13-16H,1-12H3/q+2. The van der Waals surface area contributed by atoms with Crippen molar-refractivity contribution in [2.45, 2.75) is 107 Å². The number of rotatable bonds is 5. The lowest BCUT2D eigenvalue weighted by atomic mass is 10.3. The van der Waals surface area contributed by atoms with Gasteiger partial charge in [0.1, 0.15) is 22.8 Å². The SMILES string of the molecule is Cc1c(C)[n+](C(C)C)c(-c2n(C(C)C)c(C)c(C)[n+]2C(C)C)n1C(C)C. The number of hydrogen-bond acceptors (Lipinski definition) is 0. The van der Waals surface area contributed by atoms with E-state index in [1.807, 2.05) is 0 Å². The topological polar surface area (TPSA) is 17.6 Å². The van der Waals surface area contributed by atoms with Gasteiger partial charge >= 0.3 is 11.6 Å². The van der Waals surface area contributed by atoms with E-state index in [1.54, 1.807) is 0 Å². The predicted octanol–water partition coefficient (Wildman–Crippen LogP) is 5.09. The first-order chi connectivity index (χ1) is 11.9. The van der Waals surface area contributed by atoms with Crippen molar-refractivity contribution in [3.05, 3.63) is 22.8 Å². The van der Waals surface area contributed by atoms with Gasteiger partial charge in [-0.2, -0.15) is 0 Å². The van der Waals surface area contributed by atoms with E-state index in [4.69, 9.17) is 0 Å². The van der Waals surface area contributed by atoms with Gasteiger partial charge in [-0.1, -0.05) is 0 Å². The highest BCUT2D eigenvalue weighted by molar-refractivity contribution is 5.42. The maximum absolute atomic E-state index is 2.53. The Morgan fingerprint density at radius 2 is 0.808 bits per heavy atom. The summed E-state index contributed by atoms with van der Waals surface area (Å²) >= 11 is 0. The lowest BCUT2D eigenvalue weighted by Gasteiger charge is -2.13. The lowest BCUT2D eigenvalue weighted by Crippen LogP contribution is -2.47. The smallest absolute Gasteiger partial charge is 0.218 e. The molecule has 2 rings (SSSR count). The van der Waals surface area contributed by atoms with Gasteiger partial charge in [-0.05, 0) is 55.4 Å². The van der Waals surface area contributed by atoms with Gasteiger partial charge in [-0.25, -0.2) is 18.3 Å². The van der Waals surface area contributed by atoms with Crippen LogP contribution in [0.5, 0.6) is 0 Å². The summed E-state index contributed by atoms with van der Waals surface area (Å²) in [6.07, 6.45) is 0. The molecule has 4 nitrogen and oxygen atoms in total. The number of hydrogen-bond donors (Lipinski definition) is 0. The minimum atomic E-state index is 0.417. The molecule has 2 aromatic heterocycles. The molecule has 0 fully saturated rings. The molecule has 146 valence electrons.